The maximum absolute atomic E-state index is 2.46. The van der Waals surface area contributed by atoms with Crippen LogP contribution in [0.2, 0.25) is 0 Å². The van der Waals surface area contributed by atoms with Crippen molar-refractivity contribution < 1.29 is 0 Å². The third-order valence-electron chi connectivity index (χ3n) is 11.1. The SMILES string of the molecule is CCC1(CC)c2ccccc2-c2ccc(N(c3ccccc3)c3ccc(C(C)c4ccc(N(c5ccccc5)c5ccccc5)cc4)cc3)cc21. The first kappa shape index (κ1) is 32.4. The van der Waals surface area contributed by atoms with Crippen LogP contribution in [-0.4, -0.2) is 0 Å². The second kappa shape index (κ2) is 13.8. The molecule has 7 aromatic rings. The summed E-state index contributed by atoms with van der Waals surface area (Å²) in [6, 6.07) is 66.3. The summed E-state index contributed by atoms with van der Waals surface area (Å²) in [6.07, 6.45) is 2.15. The summed E-state index contributed by atoms with van der Waals surface area (Å²) < 4.78 is 0. The molecule has 7 aromatic carbocycles. The highest BCUT2D eigenvalue weighted by atomic mass is 15.1. The Labute approximate surface area is 303 Å². The largest absolute Gasteiger partial charge is 0.311 e. The molecule has 0 fully saturated rings. The van der Waals surface area contributed by atoms with Crippen LogP contribution in [0.4, 0.5) is 34.1 Å². The zero-order chi connectivity index (χ0) is 34.8. The van der Waals surface area contributed by atoms with E-state index in [4.69, 9.17) is 0 Å². The van der Waals surface area contributed by atoms with Crippen molar-refractivity contribution in [3.63, 3.8) is 0 Å². The van der Waals surface area contributed by atoms with Crippen molar-refractivity contribution in [3.05, 3.63) is 204 Å². The molecule has 1 aliphatic rings. The van der Waals surface area contributed by atoms with E-state index in [1.165, 1.54) is 39.1 Å². The zero-order valence-corrected chi connectivity index (χ0v) is 29.7. The topological polar surface area (TPSA) is 6.48 Å². The van der Waals surface area contributed by atoms with Gasteiger partial charge >= 0.3 is 0 Å². The molecule has 0 bridgehead atoms. The average molecular weight is 661 g/mol. The summed E-state index contributed by atoms with van der Waals surface area (Å²) in [4.78, 5) is 4.72. The summed E-state index contributed by atoms with van der Waals surface area (Å²) in [7, 11) is 0. The smallest absolute Gasteiger partial charge is 0.0465 e. The van der Waals surface area contributed by atoms with E-state index in [0.29, 0.717) is 0 Å². The first-order valence-corrected chi connectivity index (χ1v) is 18.3. The van der Waals surface area contributed by atoms with E-state index in [-0.39, 0.29) is 11.3 Å². The summed E-state index contributed by atoms with van der Waals surface area (Å²) in [5, 5.41) is 0. The van der Waals surface area contributed by atoms with Crippen molar-refractivity contribution >= 4 is 34.1 Å². The predicted molar refractivity (Wildman–Crippen MR) is 217 cm³/mol. The Morgan fingerprint density at radius 1 is 0.392 bits per heavy atom. The second-order valence-corrected chi connectivity index (χ2v) is 13.6. The molecule has 1 unspecified atom stereocenters. The highest BCUT2D eigenvalue weighted by molar-refractivity contribution is 5.86. The van der Waals surface area contributed by atoms with Gasteiger partial charge in [-0.25, -0.2) is 0 Å². The monoisotopic (exact) mass is 660 g/mol. The van der Waals surface area contributed by atoms with Crippen molar-refractivity contribution in [2.75, 3.05) is 9.80 Å². The Morgan fingerprint density at radius 2 is 0.765 bits per heavy atom. The molecule has 0 saturated carbocycles. The molecule has 0 N–H and O–H groups in total. The normalized spacial score (nSPS) is 13.2. The van der Waals surface area contributed by atoms with Gasteiger partial charge in [0, 0.05) is 45.5 Å². The number of nitrogens with zero attached hydrogens (tertiary/aromatic N) is 2. The van der Waals surface area contributed by atoms with E-state index >= 15 is 0 Å². The minimum absolute atomic E-state index is 0.0261. The molecule has 1 atom stereocenters. The molecule has 0 amide bonds. The number of hydrogen-bond acceptors (Lipinski definition) is 2. The third-order valence-corrected chi connectivity index (χ3v) is 11.1. The van der Waals surface area contributed by atoms with Gasteiger partial charge in [0.05, 0.1) is 0 Å². The van der Waals surface area contributed by atoms with E-state index in [1.54, 1.807) is 0 Å². The fraction of sp³-hybridized carbons (Fsp3) is 0.143. The van der Waals surface area contributed by atoms with Crippen molar-refractivity contribution in [2.45, 2.75) is 44.9 Å². The quantitative estimate of drug-likeness (QED) is 0.144. The summed E-state index contributed by atoms with van der Waals surface area (Å²) in [5.74, 6) is 0.244. The van der Waals surface area contributed by atoms with Crippen molar-refractivity contribution in [1.29, 1.82) is 0 Å². The zero-order valence-electron chi connectivity index (χ0n) is 29.7. The number of rotatable bonds is 10. The Bertz CT molecular complexity index is 2180. The maximum atomic E-state index is 2.46. The van der Waals surface area contributed by atoms with Crippen molar-refractivity contribution in [2.24, 2.45) is 0 Å². The van der Waals surface area contributed by atoms with Gasteiger partial charge in [-0.05, 0) is 119 Å². The third kappa shape index (κ3) is 5.81. The second-order valence-electron chi connectivity index (χ2n) is 13.6. The molecule has 8 rings (SSSR count). The van der Waals surface area contributed by atoms with Crippen LogP contribution in [0, 0.1) is 0 Å². The van der Waals surface area contributed by atoms with Gasteiger partial charge in [0.15, 0.2) is 0 Å². The fourth-order valence-electron chi connectivity index (χ4n) is 8.24. The van der Waals surface area contributed by atoms with Crippen LogP contribution in [0.25, 0.3) is 11.1 Å². The summed E-state index contributed by atoms with van der Waals surface area (Å²) in [5.41, 5.74) is 15.2. The molecule has 250 valence electrons. The van der Waals surface area contributed by atoms with Gasteiger partial charge in [-0.1, -0.05) is 130 Å². The molecular weight excluding hydrogens is 617 g/mol. The molecule has 51 heavy (non-hydrogen) atoms. The average Bonchev–Trinajstić information content (AvgIpc) is 3.49. The van der Waals surface area contributed by atoms with Crippen LogP contribution in [0.1, 0.15) is 61.8 Å². The van der Waals surface area contributed by atoms with Crippen LogP contribution in [0.15, 0.2) is 182 Å². The number of para-hydroxylation sites is 3. The molecule has 0 heterocycles. The van der Waals surface area contributed by atoms with Gasteiger partial charge in [0.25, 0.3) is 0 Å². The first-order chi connectivity index (χ1) is 25.1. The minimum atomic E-state index is 0.0261. The molecular formula is C49H44N2. The molecule has 2 heteroatoms. The van der Waals surface area contributed by atoms with Gasteiger partial charge in [-0.2, -0.15) is 0 Å². The first-order valence-electron chi connectivity index (χ1n) is 18.3. The van der Waals surface area contributed by atoms with Gasteiger partial charge in [0.1, 0.15) is 0 Å². The van der Waals surface area contributed by atoms with Crippen molar-refractivity contribution in [3.8, 4) is 11.1 Å². The molecule has 0 radical (unpaired) electrons. The lowest BCUT2D eigenvalue weighted by Gasteiger charge is -2.31. The number of benzene rings is 7. The summed E-state index contributed by atoms with van der Waals surface area (Å²) in [6.45, 7) is 6.98. The fourth-order valence-corrected chi connectivity index (χ4v) is 8.24. The lowest BCUT2D eigenvalue weighted by Crippen LogP contribution is -2.23. The lowest BCUT2D eigenvalue weighted by atomic mass is 9.74. The van der Waals surface area contributed by atoms with E-state index in [0.717, 1.165) is 41.3 Å². The molecule has 0 saturated heterocycles. The van der Waals surface area contributed by atoms with Gasteiger partial charge in [-0.15, -0.1) is 0 Å². The van der Waals surface area contributed by atoms with Crippen molar-refractivity contribution in [1.82, 2.24) is 0 Å². The number of hydrogen-bond donors (Lipinski definition) is 0. The summed E-state index contributed by atoms with van der Waals surface area (Å²) >= 11 is 0. The highest BCUT2D eigenvalue weighted by Gasteiger charge is 2.40. The predicted octanol–water partition coefficient (Wildman–Crippen LogP) is 13.9. The Morgan fingerprint density at radius 3 is 1.24 bits per heavy atom. The molecule has 0 aromatic heterocycles. The Balaban J connectivity index is 1.11. The van der Waals surface area contributed by atoms with Crippen LogP contribution in [-0.2, 0) is 5.41 Å². The number of fused-ring (bicyclic) bond motifs is 3. The van der Waals surface area contributed by atoms with E-state index < -0.39 is 0 Å². The standard InChI is InChI=1S/C49H44N2/c1-4-49(5-2)47-24-16-15-23-45(47)46-34-33-44(35-48(46)49)51(41-21-13-8-14-22-41)43-31-27-38(28-32-43)36(3)37-25-29-42(30-26-37)50(39-17-9-6-10-18-39)40-19-11-7-12-20-40/h6-36H,4-5H2,1-3H3. The minimum Gasteiger partial charge on any atom is -0.311 e. The van der Waals surface area contributed by atoms with Gasteiger partial charge in [-0.3, -0.25) is 0 Å². The van der Waals surface area contributed by atoms with Crippen LogP contribution in [0.3, 0.4) is 0 Å². The van der Waals surface area contributed by atoms with Gasteiger partial charge < -0.3 is 9.80 Å². The lowest BCUT2D eigenvalue weighted by molar-refractivity contribution is 0.490. The maximum Gasteiger partial charge on any atom is 0.0465 e. The molecule has 1 aliphatic carbocycles. The van der Waals surface area contributed by atoms with E-state index in [2.05, 4.69) is 213 Å². The Hall–Kier alpha value is -5.86. The van der Waals surface area contributed by atoms with E-state index in [1.807, 2.05) is 0 Å². The molecule has 0 spiro atoms. The van der Waals surface area contributed by atoms with E-state index in [9.17, 15) is 0 Å². The molecule has 0 aliphatic heterocycles. The van der Waals surface area contributed by atoms with Gasteiger partial charge in [0.2, 0.25) is 0 Å². The number of anilines is 6. The highest BCUT2D eigenvalue weighted by Crippen LogP contribution is 2.54. The Kier molecular flexibility index (Phi) is 8.76. The van der Waals surface area contributed by atoms with Crippen LogP contribution in [0.5, 0.6) is 0 Å². The van der Waals surface area contributed by atoms with Crippen LogP contribution >= 0.6 is 0 Å². The van der Waals surface area contributed by atoms with Crippen LogP contribution < -0.4 is 9.80 Å². The molecule has 2 nitrogen and oxygen atoms in total.